The molecule has 2 N–H and O–H groups in total. The Morgan fingerprint density at radius 2 is 2.20 bits per heavy atom. The summed E-state index contributed by atoms with van der Waals surface area (Å²) in [6.07, 6.45) is 0.861. The summed E-state index contributed by atoms with van der Waals surface area (Å²) in [6, 6.07) is 9.16. The van der Waals surface area contributed by atoms with Gasteiger partial charge in [-0.2, -0.15) is 5.26 Å². The number of nitrogens with one attached hydrogen (secondary N) is 1. The van der Waals surface area contributed by atoms with Crippen LogP contribution in [0, 0.1) is 11.3 Å². The van der Waals surface area contributed by atoms with Gasteiger partial charge in [0.1, 0.15) is 0 Å². The van der Waals surface area contributed by atoms with Crippen LogP contribution in [0.4, 0.5) is 0 Å². The van der Waals surface area contributed by atoms with Gasteiger partial charge in [-0.05, 0) is 44.4 Å². The van der Waals surface area contributed by atoms with E-state index in [0.29, 0.717) is 24.9 Å². The Bertz CT molecular complexity index is 503. The van der Waals surface area contributed by atoms with Gasteiger partial charge in [0.15, 0.2) is 0 Å². The summed E-state index contributed by atoms with van der Waals surface area (Å²) in [7, 11) is 0. The van der Waals surface area contributed by atoms with Gasteiger partial charge in [0, 0.05) is 6.54 Å². The molecule has 1 atom stereocenters. The first-order chi connectivity index (χ1) is 9.41. The quantitative estimate of drug-likeness (QED) is 0.834. The van der Waals surface area contributed by atoms with Gasteiger partial charge >= 0.3 is 0 Å². The topological polar surface area (TPSA) is 73.1 Å². The minimum absolute atomic E-state index is 0.101. The zero-order valence-electron chi connectivity index (χ0n) is 12.3. The number of carbonyl (C=O) groups excluding carboxylic acids is 1. The second kappa shape index (κ2) is 7.06. The maximum Gasteiger partial charge on any atom is 0.230 e. The van der Waals surface area contributed by atoms with Crippen molar-refractivity contribution in [3.8, 4) is 6.07 Å². The molecule has 0 bridgehead atoms. The average Bonchev–Trinajstić information content (AvgIpc) is 2.46. The second-order valence-electron chi connectivity index (χ2n) is 5.42. The maximum absolute atomic E-state index is 12.3. The SMILES string of the molecule is CCC(O)CCNC(=O)C(C)(C)c1cccc(C#N)c1. The molecule has 0 spiro atoms. The van der Waals surface area contributed by atoms with Crippen LogP contribution >= 0.6 is 0 Å². The van der Waals surface area contributed by atoms with Crippen molar-refractivity contribution in [1.29, 1.82) is 5.26 Å². The van der Waals surface area contributed by atoms with E-state index in [-0.39, 0.29) is 12.0 Å². The zero-order valence-corrected chi connectivity index (χ0v) is 12.3. The highest BCUT2D eigenvalue weighted by Gasteiger charge is 2.29. The van der Waals surface area contributed by atoms with Crippen LogP contribution in [-0.2, 0) is 10.2 Å². The number of carbonyl (C=O) groups is 1. The molecule has 4 nitrogen and oxygen atoms in total. The number of nitriles is 1. The molecule has 0 aliphatic rings. The van der Waals surface area contributed by atoms with Crippen molar-refractivity contribution in [2.75, 3.05) is 6.54 Å². The van der Waals surface area contributed by atoms with Gasteiger partial charge in [0.05, 0.1) is 23.2 Å². The molecular formula is C16H22N2O2. The molecule has 1 aromatic rings. The van der Waals surface area contributed by atoms with Crippen molar-refractivity contribution in [3.05, 3.63) is 35.4 Å². The van der Waals surface area contributed by atoms with Crippen molar-refractivity contribution in [2.45, 2.75) is 45.1 Å². The Labute approximate surface area is 120 Å². The molecule has 1 amide bonds. The highest BCUT2D eigenvalue weighted by Crippen LogP contribution is 2.24. The zero-order chi connectivity index (χ0) is 15.2. The lowest BCUT2D eigenvalue weighted by atomic mass is 9.83. The van der Waals surface area contributed by atoms with Crippen LogP contribution < -0.4 is 5.32 Å². The Morgan fingerprint density at radius 1 is 1.50 bits per heavy atom. The summed E-state index contributed by atoms with van der Waals surface area (Å²) in [5.41, 5.74) is 0.652. The fraction of sp³-hybridized carbons (Fsp3) is 0.500. The van der Waals surface area contributed by atoms with Gasteiger partial charge in [0.25, 0.3) is 0 Å². The fourth-order valence-electron chi connectivity index (χ4n) is 1.89. The third-order valence-electron chi connectivity index (χ3n) is 3.52. The molecule has 0 radical (unpaired) electrons. The molecule has 20 heavy (non-hydrogen) atoms. The Hall–Kier alpha value is -1.86. The number of amides is 1. The molecule has 0 aliphatic heterocycles. The van der Waals surface area contributed by atoms with E-state index in [1.807, 2.05) is 26.8 Å². The highest BCUT2D eigenvalue weighted by atomic mass is 16.3. The van der Waals surface area contributed by atoms with E-state index in [2.05, 4.69) is 11.4 Å². The number of aliphatic hydroxyl groups excluding tert-OH is 1. The molecule has 1 unspecified atom stereocenters. The summed E-state index contributed by atoms with van der Waals surface area (Å²) in [5, 5.41) is 21.2. The van der Waals surface area contributed by atoms with E-state index in [1.54, 1.807) is 18.2 Å². The first-order valence-electron chi connectivity index (χ1n) is 6.88. The van der Waals surface area contributed by atoms with Crippen LogP contribution in [-0.4, -0.2) is 23.7 Å². The molecule has 4 heteroatoms. The van der Waals surface area contributed by atoms with Crippen molar-refractivity contribution < 1.29 is 9.90 Å². The Morgan fingerprint density at radius 3 is 2.80 bits per heavy atom. The predicted octanol–water partition coefficient (Wildman–Crippen LogP) is 2.11. The van der Waals surface area contributed by atoms with Gasteiger partial charge in [-0.1, -0.05) is 19.1 Å². The minimum atomic E-state index is -0.704. The smallest absolute Gasteiger partial charge is 0.230 e. The first kappa shape index (κ1) is 16.2. The van der Waals surface area contributed by atoms with Gasteiger partial charge in [0.2, 0.25) is 5.91 Å². The third-order valence-corrected chi connectivity index (χ3v) is 3.52. The molecular weight excluding hydrogens is 252 g/mol. The Balaban J connectivity index is 2.72. The van der Waals surface area contributed by atoms with E-state index in [9.17, 15) is 9.90 Å². The normalized spacial score (nSPS) is 12.6. The standard InChI is InChI=1S/C16H22N2O2/c1-4-14(19)8-9-18-15(20)16(2,3)13-7-5-6-12(10-13)11-17/h5-7,10,14,19H,4,8-9H2,1-3H3,(H,18,20). The lowest BCUT2D eigenvalue weighted by Gasteiger charge is -2.24. The number of hydrogen-bond donors (Lipinski definition) is 2. The van der Waals surface area contributed by atoms with Crippen LogP contribution in [0.15, 0.2) is 24.3 Å². The van der Waals surface area contributed by atoms with Crippen molar-refractivity contribution >= 4 is 5.91 Å². The summed E-state index contributed by atoms with van der Waals surface area (Å²) in [5.74, 6) is -0.101. The lowest BCUT2D eigenvalue weighted by Crippen LogP contribution is -2.41. The number of aliphatic hydroxyl groups is 1. The van der Waals surface area contributed by atoms with E-state index in [4.69, 9.17) is 5.26 Å². The summed E-state index contributed by atoms with van der Waals surface area (Å²) >= 11 is 0. The first-order valence-corrected chi connectivity index (χ1v) is 6.88. The summed E-state index contributed by atoms with van der Waals surface area (Å²) < 4.78 is 0. The number of hydrogen-bond acceptors (Lipinski definition) is 3. The Kier molecular flexibility index (Phi) is 5.72. The molecule has 1 rings (SSSR count). The summed E-state index contributed by atoms with van der Waals surface area (Å²) in [6.45, 7) is 6.02. The van der Waals surface area contributed by atoms with Crippen molar-refractivity contribution in [3.63, 3.8) is 0 Å². The molecule has 0 saturated heterocycles. The molecule has 0 aliphatic carbocycles. The molecule has 108 valence electrons. The van der Waals surface area contributed by atoms with Gasteiger partial charge in [-0.3, -0.25) is 4.79 Å². The van der Waals surface area contributed by atoms with Crippen LogP contribution in [0.25, 0.3) is 0 Å². The monoisotopic (exact) mass is 274 g/mol. The lowest BCUT2D eigenvalue weighted by molar-refractivity contribution is -0.125. The van der Waals surface area contributed by atoms with Crippen LogP contribution in [0.2, 0.25) is 0 Å². The van der Waals surface area contributed by atoms with Crippen LogP contribution in [0.3, 0.4) is 0 Å². The fourth-order valence-corrected chi connectivity index (χ4v) is 1.89. The minimum Gasteiger partial charge on any atom is -0.393 e. The number of rotatable bonds is 6. The average molecular weight is 274 g/mol. The molecule has 0 aromatic heterocycles. The largest absolute Gasteiger partial charge is 0.393 e. The third kappa shape index (κ3) is 4.07. The summed E-state index contributed by atoms with van der Waals surface area (Å²) in [4.78, 5) is 12.3. The van der Waals surface area contributed by atoms with Crippen LogP contribution in [0.1, 0.15) is 44.7 Å². The highest BCUT2D eigenvalue weighted by molar-refractivity contribution is 5.87. The molecule has 0 fully saturated rings. The van der Waals surface area contributed by atoms with Crippen molar-refractivity contribution in [1.82, 2.24) is 5.32 Å². The molecule has 1 aromatic carbocycles. The number of nitrogens with zero attached hydrogens (tertiary/aromatic N) is 1. The predicted molar refractivity (Wildman–Crippen MR) is 78.1 cm³/mol. The van der Waals surface area contributed by atoms with Gasteiger partial charge in [-0.25, -0.2) is 0 Å². The molecule has 0 heterocycles. The van der Waals surface area contributed by atoms with E-state index < -0.39 is 5.41 Å². The van der Waals surface area contributed by atoms with Gasteiger partial charge < -0.3 is 10.4 Å². The molecule has 0 saturated carbocycles. The second-order valence-corrected chi connectivity index (χ2v) is 5.42. The number of benzene rings is 1. The maximum atomic E-state index is 12.3. The van der Waals surface area contributed by atoms with E-state index in [0.717, 1.165) is 5.56 Å². The van der Waals surface area contributed by atoms with E-state index in [1.165, 1.54) is 0 Å². The van der Waals surface area contributed by atoms with Crippen LogP contribution in [0.5, 0.6) is 0 Å². The van der Waals surface area contributed by atoms with E-state index >= 15 is 0 Å². The van der Waals surface area contributed by atoms with Gasteiger partial charge in [-0.15, -0.1) is 0 Å². The van der Waals surface area contributed by atoms with Crippen molar-refractivity contribution in [2.24, 2.45) is 0 Å².